The molecule has 1 aromatic rings. The normalized spacial score (nSPS) is 15.8. The van der Waals surface area contributed by atoms with Gasteiger partial charge in [0.1, 0.15) is 17.8 Å². The van der Waals surface area contributed by atoms with E-state index in [1.807, 2.05) is 6.92 Å². The quantitative estimate of drug-likeness (QED) is 0.267. The number of amides is 2. The molecule has 1 aliphatic carbocycles. The number of carbonyl (C=O) groups is 5. The molecule has 0 aromatic heterocycles. The number of ketones is 1. The van der Waals surface area contributed by atoms with Crippen molar-refractivity contribution in [3.63, 3.8) is 0 Å². The second-order valence-electron chi connectivity index (χ2n) is 7.61. The van der Waals surface area contributed by atoms with E-state index < -0.39 is 41.6 Å². The smallest absolute Gasteiger partial charge is 0.327 e. The fourth-order valence-electron chi connectivity index (χ4n) is 2.96. The number of benzene rings is 1. The van der Waals surface area contributed by atoms with Gasteiger partial charge in [0.2, 0.25) is 11.8 Å². The number of carboxylic acid groups (broad SMARTS) is 2. The van der Waals surface area contributed by atoms with Crippen molar-refractivity contribution in [3.05, 3.63) is 46.2 Å². The first-order valence-corrected chi connectivity index (χ1v) is 13.0. The Kier molecular flexibility index (Phi) is 11.4. The molecule has 4 N–H and O–H groups in total. The topological polar surface area (TPSA) is 171 Å². The summed E-state index contributed by atoms with van der Waals surface area (Å²) in [5, 5.41) is 23.4. The lowest BCUT2D eigenvalue weighted by atomic mass is 10.1. The second kappa shape index (κ2) is 14.2. The Balaban J connectivity index is 2.33. The summed E-state index contributed by atoms with van der Waals surface area (Å²) in [6.07, 6.45) is 2.79. The van der Waals surface area contributed by atoms with Crippen LogP contribution in [0.5, 0.6) is 5.75 Å². The van der Waals surface area contributed by atoms with E-state index in [2.05, 4.69) is 15.6 Å². The van der Waals surface area contributed by atoms with Gasteiger partial charge in [0.25, 0.3) is 0 Å². The number of carbonyl (C=O) groups excluding carboxylic acids is 3. The molecule has 198 valence electrons. The number of allylic oxidation sites excluding steroid dienone is 4. The monoisotopic (exact) mass is 549 g/mol. The molecule has 0 bridgehead atoms. The maximum atomic E-state index is 12.8. The van der Waals surface area contributed by atoms with Crippen molar-refractivity contribution in [1.29, 1.82) is 0 Å². The zero-order valence-electron chi connectivity index (χ0n) is 20.3. The zero-order chi connectivity index (χ0) is 27.5. The summed E-state index contributed by atoms with van der Waals surface area (Å²) in [5.41, 5.74) is 0.896. The molecule has 11 nitrogen and oxygen atoms in total. The van der Waals surface area contributed by atoms with Crippen molar-refractivity contribution in [1.82, 2.24) is 10.6 Å². The summed E-state index contributed by atoms with van der Waals surface area (Å²) in [6, 6.07) is 4.51. The molecule has 0 saturated carbocycles. The molecule has 2 rings (SSSR count). The number of thioether (sulfide) groups is 2. The summed E-state index contributed by atoms with van der Waals surface area (Å²) in [6.45, 7) is 4.76. The molecule has 2 amide bonds. The SMILES string of the molecule is CCOc1ccc(N=C2C=C(SC[C@H](NC(C)=O)C(=O)O)C(=O)C=C2SC[C@H](NC(C)=O)C(=O)O)cc1. The molecule has 0 spiro atoms. The summed E-state index contributed by atoms with van der Waals surface area (Å²) in [4.78, 5) is 63.6. The molecule has 0 aliphatic heterocycles. The Morgan fingerprint density at radius 1 is 0.892 bits per heavy atom. The molecule has 1 aromatic carbocycles. The van der Waals surface area contributed by atoms with Crippen molar-refractivity contribution >= 4 is 64.5 Å². The Labute approximate surface area is 221 Å². The number of rotatable bonds is 13. The lowest BCUT2D eigenvalue weighted by molar-refractivity contribution is -0.141. The highest BCUT2D eigenvalue weighted by atomic mass is 32.2. The van der Waals surface area contributed by atoms with Crippen molar-refractivity contribution in [2.75, 3.05) is 18.1 Å². The van der Waals surface area contributed by atoms with Crippen LogP contribution in [0.4, 0.5) is 5.69 Å². The van der Waals surface area contributed by atoms with Gasteiger partial charge in [-0.1, -0.05) is 0 Å². The fourth-order valence-corrected chi connectivity index (χ4v) is 4.94. The van der Waals surface area contributed by atoms with E-state index in [1.165, 1.54) is 26.0 Å². The zero-order valence-corrected chi connectivity index (χ0v) is 22.0. The van der Waals surface area contributed by atoms with Crippen LogP contribution in [-0.4, -0.2) is 75.7 Å². The highest BCUT2D eigenvalue weighted by Gasteiger charge is 2.26. The predicted octanol–water partition coefficient (Wildman–Crippen LogP) is 2.15. The standard InChI is InChI=1S/C24H27N3O8S2/c1-4-35-16-7-5-15(6-8-16)27-17-9-22(37-12-19(24(33)34)26-14(3)29)20(30)10-21(17)36-11-18(23(31)32)25-13(2)28/h5-10,18-19H,4,11-12H2,1-3H3,(H,25,28)(H,26,29)(H,31,32)(H,33,34)/t18-,19-/m0/s1. The molecule has 13 heteroatoms. The van der Waals surface area contributed by atoms with Crippen LogP contribution in [-0.2, 0) is 24.0 Å². The summed E-state index contributed by atoms with van der Waals surface area (Å²) < 4.78 is 5.43. The first kappa shape index (κ1) is 29.6. The number of nitrogens with one attached hydrogen (secondary N) is 2. The third kappa shape index (κ3) is 9.77. The Morgan fingerprint density at radius 3 is 1.86 bits per heavy atom. The van der Waals surface area contributed by atoms with Gasteiger partial charge in [0, 0.05) is 36.3 Å². The van der Waals surface area contributed by atoms with E-state index in [-0.39, 0.29) is 16.4 Å². The summed E-state index contributed by atoms with van der Waals surface area (Å²) >= 11 is 2.00. The lowest BCUT2D eigenvalue weighted by Gasteiger charge is -2.19. The van der Waals surface area contributed by atoms with E-state index in [1.54, 1.807) is 24.3 Å². The van der Waals surface area contributed by atoms with Crippen LogP contribution in [0.3, 0.4) is 0 Å². The molecule has 0 unspecified atom stereocenters. The molecule has 0 radical (unpaired) electrons. The fraction of sp³-hybridized carbons (Fsp3) is 0.333. The van der Waals surface area contributed by atoms with Gasteiger partial charge in [0.15, 0.2) is 5.78 Å². The van der Waals surface area contributed by atoms with Gasteiger partial charge in [-0.25, -0.2) is 14.6 Å². The first-order chi connectivity index (χ1) is 17.5. The maximum Gasteiger partial charge on any atom is 0.327 e. The summed E-state index contributed by atoms with van der Waals surface area (Å²) in [5.74, 6) is -3.40. The molecule has 0 fully saturated rings. The van der Waals surface area contributed by atoms with E-state index in [0.717, 1.165) is 23.5 Å². The van der Waals surface area contributed by atoms with Crippen LogP contribution >= 0.6 is 23.5 Å². The van der Waals surface area contributed by atoms with E-state index in [4.69, 9.17) is 4.74 Å². The number of hydrogen-bond acceptors (Lipinski definition) is 9. The number of aliphatic carboxylic acids is 2. The Hall–Kier alpha value is -3.58. The van der Waals surface area contributed by atoms with Gasteiger partial charge in [-0.15, -0.1) is 23.5 Å². The number of nitrogens with zero attached hydrogens (tertiary/aromatic N) is 1. The van der Waals surface area contributed by atoms with Crippen molar-refractivity contribution in [2.45, 2.75) is 32.9 Å². The highest BCUT2D eigenvalue weighted by Crippen LogP contribution is 2.31. The highest BCUT2D eigenvalue weighted by molar-refractivity contribution is 8.05. The average molecular weight is 550 g/mol. The molecule has 0 heterocycles. The molecular formula is C24H27N3O8S2. The van der Waals surface area contributed by atoms with Crippen molar-refractivity contribution in [2.24, 2.45) is 4.99 Å². The molecule has 1 aliphatic rings. The minimum absolute atomic E-state index is 0.0593. The van der Waals surface area contributed by atoms with Crippen LogP contribution in [0.2, 0.25) is 0 Å². The Bertz CT molecular complexity index is 1150. The van der Waals surface area contributed by atoms with Gasteiger partial charge in [0.05, 0.1) is 22.9 Å². The van der Waals surface area contributed by atoms with Crippen LogP contribution in [0.1, 0.15) is 20.8 Å². The largest absolute Gasteiger partial charge is 0.494 e. The number of aliphatic imine (C=N–C) groups is 1. The van der Waals surface area contributed by atoms with Gasteiger partial charge < -0.3 is 25.6 Å². The number of hydrogen-bond donors (Lipinski definition) is 4. The molecular weight excluding hydrogens is 522 g/mol. The lowest BCUT2D eigenvalue weighted by Crippen LogP contribution is -2.41. The average Bonchev–Trinajstić information content (AvgIpc) is 2.81. The van der Waals surface area contributed by atoms with Gasteiger partial charge >= 0.3 is 11.9 Å². The minimum Gasteiger partial charge on any atom is -0.494 e. The molecule has 2 atom stereocenters. The van der Waals surface area contributed by atoms with Gasteiger partial charge in [-0.2, -0.15) is 0 Å². The van der Waals surface area contributed by atoms with Crippen LogP contribution in [0.25, 0.3) is 0 Å². The Morgan fingerprint density at radius 2 is 1.41 bits per heavy atom. The van der Waals surface area contributed by atoms with Crippen LogP contribution in [0, 0.1) is 0 Å². The third-order valence-corrected chi connectivity index (χ3v) is 6.85. The van der Waals surface area contributed by atoms with Crippen LogP contribution in [0.15, 0.2) is 51.2 Å². The molecule has 0 saturated heterocycles. The predicted molar refractivity (Wildman–Crippen MR) is 141 cm³/mol. The molecule has 37 heavy (non-hydrogen) atoms. The van der Waals surface area contributed by atoms with Crippen molar-refractivity contribution < 1.29 is 38.9 Å². The van der Waals surface area contributed by atoms with Gasteiger partial charge in [-0.05, 0) is 37.3 Å². The summed E-state index contributed by atoms with van der Waals surface area (Å²) in [7, 11) is 0. The first-order valence-electron chi connectivity index (χ1n) is 11.0. The number of ether oxygens (including phenoxy) is 1. The van der Waals surface area contributed by atoms with Gasteiger partial charge in [-0.3, -0.25) is 14.4 Å². The second-order valence-corrected chi connectivity index (χ2v) is 9.73. The van der Waals surface area contributed by atoms with Crippen molar-refractivity contribution in [3.8, 4) is 5.75 Å². The number of carboxylic acids is 2. The van der Waals surface area contributed by atoms with E-state index in [9.17, 15) is 34.2 Å². The van der Waals surface area contributed by atoms with E-state index >= 15 is 0 Å². The van der Waals surface area contributed by atoms with Crippen LogP contribution < -0.4 is 15.4 Å². The third-order valence-electron chi connectivity index (χ3n) is 4.58. The van der Waals surface area contributed by atoms with E-state index in [0.29, 0.717) is 28.7 Å². The minimum atomic E-state index is -1.24. The maximum absolute atomic E-state index is 12.8.